The molecule has 0 bridgehead atoms. The molecule has 2 N–H and O–H groups in total. The van der Waals surface area contributed by atoms with Gasteiger partial charge in [-0.2, -0.15) is 0 Å². The lowest BCUT2D eigenvalue weighted by Crippen LogP contribution is -2.29. The fourth-order valence-corrected chi connectivity index (χ4v) is 1.32. The maximum atomic E-state index is 5.83. The first-order valence-electron chi connectivity index (χ1n) is 5.19. The molecule has 1 nitrogen and oxygen atoms in total. The molecule has 0 aliphatic heterocycles. The molecule has 0 spiro atoms. The van der Waals surface area contributed by atoms with Gasteiger partial charge in [0.2, 0.25) is 0 Å². The van der Waals surface area contributed by atoms with Crippen LogP contribution in [0.15, 0.2) is 12.1 Å². The Bertz CT molecular complexity index is 425. The van der Waals surface area contributed by atoms with E-state index in [9.17, 15) is 0 Å². The van der Waals surface area contributed by atoms with E-state index in [1.54, 1.807) is 0 Å². The number of aryl methyl sites for hydroxylation is 3. The van der Waals surface area contributed by atoms with Crippen molar-refractivity contribution in [2.24, 2.45) is 5.73 Å². The van der Waals surface area contributed by atoms with Crippen LogP contribution in [0.3, 0.4) is 0 Å². The maximum absolute atomic E-state index is 5.83. The van der Waals surface area contributed by atoms with Crippen LogP contribution in [-0.4, -0.2) is 5.54 Å². The Morgan fingerprint density at radius 2 is 1.53 bits per heavy atom. The van der Waals surface area contributed by atoms with E-state index in [2.05, 4.69) is 44.7 Å². The predicted octanol–water partition coefficient (Wildman–Crippen LogP) is 2.70. The highest BCUT2D eigenvalue weighted by atomic mass is 14.7. The minimum Gasteiger partial charge on any atom is -0.316 e. The third-order valence-corrected chi connectivity index (χ3v) is 2.36. The number of hydrogen-bond donors (Lipinski definition) is 1. The van der Waals surface area contributed by atoms with Crippen LogP contribution in [-0.2, 0) is 0 Å². The lowest BCUT2D eigenvalue weighted by molar-refractivity contribution is 0.680. The second-order valence-corrected chi connectivity index (χ2v) is 4.72. The van der Waals surface area contributed by atoms with E-state index in [-0.39, 0.29) is 0 Å². The largest absolute Gasteiger partial charge is 0.316 e. The zero-order chi connectivity index (χ0) is 11.6. The summed E-state index contributed by atoms with van der Waals surface area (Å²) in [5.41, 5.74) is 10.3. The highest BCUT2D eigenvalue weighted by Gasteiger charge is 2.04. The summed E-state index contributed by atoms with van der Waals surface area (Å²) in [4.78, 5) is 0. The molecule has 0 radical (unpaired) electrons. The second kappa shape index (κ2) is 4.08. The van der Waals surface area contributed by atoms with Crippen LogP contribution in [0.5, 0.6) is 0 Å². The van der Waals surface area contributed by atoms with Crippen molar-refractivity contribution in [1.82, 2.24) is 0 Å². The molecule has 0 aliphatic rings. The number of benzene rings is 1. The van der Waals surface area contributed by atoms with E-state index >= 15 is 0 Å². The van der Waals surface area contributed by atoms with Gasteiger partial charge in [0.15, 0.2) is 0 Å². The van der Waals surface area contributed by atoms with Crippen molar-refractivity contribution in [3.05, 3.63) is 34.4 Å². The van der Waals surface area contributed by atoms with Crippen molar-refractivity contribution in [3.63, 3.8) is 0 Å². The lowest BCUT2D eigenvalue weighted by Gasteiger charge is -2.09. The molecule has 0 atom stereocenters. The molecule has 0 saturated heterocycles. The van der Waals surface area contributed by atoms with Crippen LogP contribution < -0.4 is 5.73 Å². The van der Waals surface area contributed by atoms with Gasteiger partial charge in [-0.1, -0.05) is 17.9 Å². The van der Waals surface area contributed by atoms with E-state index in [1.807, 2.05) is 13.8 Å². The molecule has 0 aromatic heterocycles. The molecule has 0 aliphatic carbocycles. The van der Waals surface area contributed by atoms with Crippen molar-refractivity contribution in [2.45, 2.75) is 40.2 Å². The van der Waals surface area contributed by atoms with Crippen molar-refractivity contribution in [3.8, 4) is 11.8 Å². The molecule has 0 fully saturated rings. The standard InChI is InChI=1S/C14H19N/c1-10-8-12(3)13(9-11(10)2)6-7-14(4,5)15/h8-9H,15H2,1-5H3. The first-order chi connectivity index (χ1) is 6.79. The second-order valence-electron chi connectivity index (χ2n) is 4.72. The first-order valence-corrected chi connectivity index (χ1v) is 5.19. The number of rotatable bonds is 0. The van der Waals surface area contributed by atoms with Crippen LogP contribution in [0.2, 0.25) is 0 Å². The molecule has 15 heavy (non-hydrogen) atoms. The minimum atomic E-state index is -0.425. The molecule has 0 heterocycles. The summed E-state index contributed by atoms with van der Waals surface area (Å²) in [5, 5.41) is 0. The van der Waals surface area contributed by atoms with E-state index < -0.39 is 5.54 Å². The maximum Gasteiger partial charge on any atom is 0.0722 e. The Kier molecular flexibility index (Phi) is 3.21. The van der Waals surface area contributed by atoms with Gasteiger partial charge in [-0.15, -0.1) is 0 Å². The SMILES string of the molecule is Cc1cc(C)c(C#CC(C)(C)N)cc1C. The molecule has 1 rings (SSSR count). The first kappa shape index (κ1) is 11.8. The minimum absolute atomic E-state index is 0.425. The van der Waals surface area contributed by atoms with E-state index in [4.69, 9.17) is 5.73 Å². The Balaban J connectivity index is 3.15. The topological polar surface area (TPSA) is 26.0 Å². The Labute approximate surface area is 92.7 Å². The summed E-state index contributed by atoms with van der Waals surface area (Å²) in [7, 11) is 0. The molecule has 1 aromatic carbocycles. The number of hydrogen-bond acceptors (Lipinski definition) is 1. The van der Waals surface area contributed by atoms with Gasteiger partial charge in [-0.25, -0.2) is 0 Å². The van der Waals surface area contributed by atoms with Crippen LogP contribution in [0.1, 0.15) is 36.1 Å². The molecule has 0 saturated carbocycles. The summed E-state index contributed by atoms with van der Waals surface area (Å²) in [6, 6.07) is 4.30. The fourth-order valence-electron chi connectivity index (χ4n) is 1.32. The van der Waals surface area contributed by atoms with Crippen molar-refractivity contribution >= 4 is 0 Å². The van der Waals surface area contributed by atoms with Crippen molar-refractivity contribution in [2.75, 3.05) is 0 Å². The molecule has 1 aromatic rings. The zero-order valence-corrected chi connectivity index (χ0v) is 10.2. The van der Waals surface area contributed by atoms with Gasteiger partial charge in [0.1, 0.15) is 0 Å². The van der Waals surface area contributed by atoms with Gasteiger partial charge in [0.05, 0.1) is 5.54 Å². The Morgan fingerprint density at radius 1 is 1.00 bits per heavy atom. The molecule has 0 amide bonds. The quantitative estimate of drug-likeness (QED) is 0.642. The predicted molar refractivity (Wildman–Crippen MR) is 65.8 cm³/mol. The number of nitrogens with two attached hydrogens (primary N) is 1. The fraction of sp³-hybridized carbons (Fsp3) is 0.429. The monoisotopic (exact) mass is 201 g/mol. The van der Waals surface area contributed by atoms with Crippen LogP contribution in [0, 0.1) is 32.6 Å². The molecular formula is C14H19N. The van der Waals surface area contributed by atoms with Crippen LogP contribution in [0.25, 0.3) is 0 Å². The third-order valence-electron chi connectivity index (χ3n) is 2.36. The van der Waals surface area contributed by atoms with Crippen molar-refractivity contribution in [1.29, 1.82) is 0 Å². The summed E-state index contributed by atoms with van der Waals surface area (Å²) in [6.45, 7) is 10.1. The van der Waals surface area contributed by atoms with Gasteiger partial charge in [-0.05, 0) is 57.4 Å². The van der Waals surface area contributed by atoms with Crippen LogP contribution >= 0.6 is 0 Å². The van der Waals surface area contributed by atoms with Crippen LogP contribution in [0.4, 0.5) is 0 Å². The van der Waals surface area contributed by atoms with E-state index in [0.29, 0.717) is 0 Å². The van der Waals surface area contributed by atoms with Gasteiger partial charge < -0.3 is 5.73 Å². The molecular weight excluding hydrogens is 182 g/mol. The molecule has 1 heteroatoms. The highest BCUT2D eigenvalue weighted by Crippen LogP contribution is 2.14. The zero-order valence-electron chi connectivity index (χ0n) is 10.2. The average molecular weight is 201 g/mol. The van der Waals surface area contributed by atoms with E-state index in [1.165, 1.54) is 16.7 Å². The molecule has 80 valence electrons. The average Bonchev–Trinajstić information content (AvgIpc) is 2.07. The van der Waals surface area contributed by atoms with Gasteiger partial charge in [-0.3, -0.25) is 0 Å². The summed E-state index contributed by atoms with van der Waals surface area (Å²) >= 11 is 0. The summed E-state index contributed by atoms with van der Waals surface area (Å²) < 4.78 is 0. The van der Waals surface area contributed by atoms with Gasteiger partial charge in [0, 0.05) is 5.56 Å². The third kappa shape index (κ3) is 3.42. The van der Waals surface area contributed by atoms with E-state index in [0.717, 1.165) is 5.56 Å². The summed E-state index contributed by atoms with van der Waals surface area (Å²) in [5.74, 6) is 6.20. The normalized spacial score (nSPS) is 10.8. The van der Waals surface area contributed by atoms with Crippen molar-refractivity contribution < 1.29 is 0 Å². The lowest BCUT2D eigenvalue weighted by atomic mass is 10.00. The Morgan fingerprint density at radius 3 is 2.07 bits per heavy atom. The molecule has 0 unspecified atom stereocenters. The summed E-state index contributed by atoms with van der Waals surface area (Å²) in [6.07, 6.45) is 0. The smallest absolute Gasteiger partial charge is 0.0722 e. The van der Waals surface area contributed by atoms with Gasteiger partial charge in [0.25, 0.3) is 0 Å². The Hall–Kier alpha value is -1.26. The van der Waals surface area contributed by atoms with Gasteiger partial charge >= 0.3 is 0 Å². The highest BCUT2D eigenvalue weighted by molar-refractivity contribution is 5.46.